The molecule has 2 fully saturated rings. The maximum Gasteiger partial charge on any atom is 0.214 e. The van der Waals surface area contributed by atoms with Crippen LogP contribution in [0.3, 0.4) is 0 Å². The highest BCUT2D eigenvalue weighted by Crippen LogP contribution is 2.51. The summed E-state index contributed by atoms with van der Waals surface area (Å²) in [6.07, 6.45) is 8.10. The molecule has 0 bridgehead atoms. The molecule has 0 radical (unpaired) electrons. The Bertz CT molecular complexity index is 946. The fourth-order valence-corrected chi connectivity index (χ4v) is 5.80. The highest BCUT2D eigenvalue weighted by molar-refractivity contribution is 7.20. The molecule has 1 spiro atoms. The van der Waals surface area contributed by atoms with Crippen molar-refractivity contribution in [3.05, 3.63) is 47.3 Å². The first-order valence-corrected chi connectivity index (χ1v) is 10.5. The highest BCUT2D eigenvalue weighted by atomic mass is 32.1. The van der Waals surface area contributed by atoms with E-state index in [0.29, 0.717) is 5.92 Å². The molecule has 2 aromatic heterocycles. The smallest absolute Gasteiger partial charge is 0.214 e. The Morgan fingerprint density at radius 1 is 1.15 bits per heavy atom. The molecule has 1 saturated carbocycles. The lowest BCUT2D eigenvalue weighted by molar-refractivity contribution is 0.187. The fraction of sp³-hybridized carbons (Fsp3) is 0.500. The lowest BCUT2D eigenvalue weighted by Crippen LogP contribution is -2.44. The van der Waals surface area contributed by atoms with E-state index in [1.54, 1.807) is 11.3 Å². The third kappa shape index (κ3) is 2.18. The van der Waals surface area contributed by atoms with E-state index < -0.39 is 0 Å². The predicted octanol–water partition coefficient (Wildman–Crippen LogP) is 3.51. The van der Waals surface area contributed by atoms with Crippen LogP contribution in [-0.4, -0.2) is 27.7 Å². The summed E-state index contributed by atoms with van der Waals surface area (Å²) in [6.45, 7) is 2.07. The monoisotopic (exact) mass is 365 g/mol. The molecule has 134 valence electrons. The molecule has 0 unspecified atom stereocenters. The van der Waals surface area contributed by atoms with E-state index in [0.717, 1.165) is 42.4 Å². The van der Waals surface area contributed by atoms with Crippen molar-refractivity contribution < 1.29 is 0 Å². The summed E-state index contributed by atoms with van der Waals surface area (Å²) in [4.78, 5) is 8.23. The maximum absolute atomic E-state index is 6.69. The second kappa shape index (κ2) is 5.30. The van der Waals surface area contributed by atoms with E-state index in [-0.39, 0.29) is 11.5 Å². The van der Waals surface area contributed by atoms with Crippen molar-refractivity contribution in [1.29, 1.82) is 0 Å². The van der Waals surface area contributed by atoms with Gasteiger partial charge in [0.15, 0.2) is 0 Å². The van der Waals surface area contributed by atoms with Gasteiger partial charge in [-0.3, -0.25) is 0 Å². The highest BCUT2D eigenvalue weighted by Gasteiger charge is 2.46. The number of fused-ring (bicyclic) bond motifs is 2. The van der Waals surface area contributed by atoms with Crippen LogP contribution in [0.1, 0.15) is 54.5 Å². The molecular weight excluding hydrogens is 342 g/mol. The number of hydrogen-bond donors (Lipinski definition) is 1. The molecule has 2 N–H and O–H groups in total. The van der Waals surface area contributed by atoms with Gasteiger partial charge in [0.1, 0.15) is 0 Å². The van der Waals surface area contributed by atoms with Gasteiger partial charge in [0.05, 0.1) is 11.9 Å². The quantitative estimate of drug-likeness (QED) is 0.755. The summed E-state index contributed by atoms with van der Waals surface area (Å²) in [5.74, 6) is 0.688. The van der Waals surface area contributed by atoms with Gasteiger partial charge >= 0.3 is 0 Å². The third-order valence-electron chi connectivity index (χ3n) is 6.67. The van der Waals surface area contributed by atoms with Gasteiger partial charge in [0, 0.05) is 25.0 Å². The molecule has 1 aromatic carbocycles. The molecule has 3 heterocycles. The normalized spacial score (nSPS) is 24.5. The molecule has 0 amide bonds. The van der Waals surface area contributed by atoms with Gasteiger partial charge in [-0.1, -0.05) is 35.6 Å². The fourth-order valence-electron chi connectivity index (χ4n) is 4.86. The predicted molar refractivity (Wildman–Crippen MR) is 104 cm³/mol. The van der Waals surface area contributed by atoms with E-state index in [1.807, 2.05) is 4.52 Å². The van der Waals surface area contributed by atoms with Gasteiger partial charge in [-0.25, -0.2) is 9.50 Å². The van der Waals surface area contributed by atoms with E-state index in [9.17, 15) is 0 Å². The van der Waals surface area contributed by atoms with Crippen LogP contribution in [0.4, 0.5) is 5.13 Å². The van der Waals surface area contributed by atoms with Crippen molar-refractivity contribution in [2.75, 3.05) is 18.0 Å². The van der Waals surface area contributed by atoms with Gasteiger partial charge in [-0.2, -0.15) is 0 Å². The average molecular weight is 366 g/mol. The summed E-state index contributed by atoms with van der Waals surface area (Å²) in [5, 5.41) is 5.91. The molecule has 1 atom stereocenters. The summed E-state index contributed by atoms with van der Waals surface area (Å²) in [6, 6.07) is 8.91. The zero-order valence-corrected chi connectivity index (χ0v) is 15.6. The van der Waals surface area contributed by atoms with Crippen LogP contribution in [0.2, 0.25) is 0 Å². The van der Waals surface area contributed by atoms with Gasteiger partial charge in [-0.15, -0.1) is 5.10 Å². The summed E-state index contributed by atoms with van der Waals surface area (Å²) in [5.41, 5.74) is 11.0. The molecule has 2 aliphatic carbocycles. The number of hydrogen-bond acceptors (Lipinski definition) is 5. The van der Waals surface area contributed by atoms with Gasteiger partial charge in [-0.05, 0) is 48.6 Å². The minimum absolute atomic E-state index is 0.176. The molecule has 3 aromatic rings. The van der Waals surface area contributed by atoms with Crippen molar-refractivity contribution in [3.8, 4) is 0 Å². The van der Waals surface area contributed by atoms with Crippen LogP contribution in [0.5, 0.6) is 0 Å². The zero-order valence-electron chi connectivity index (χ0n) is 14.8. The van der Waals surface area contributed by atoms with E-state index >= 15 is 0 Å². The van der Waals surface area contributed by atoms with Crippen molar-refractivity contribution in [1.82, 2.24) is 14.6 Å². The Morgan fingerprint density at radius 3 is 2.69 bits per heavy atom. The number of anilines is 1. The summed E-state index contributed by atoms with van der Waals surface area (Å²) < 4.78 is 1.98. The minimum atomic E-state index is 0.176. The lowest BCUT2D eigenvalue weighted by Gasteiger charge is -2.42. The Morgan fingerprint density at radius 2 is 1.96 bits per heavy atom. The largest absolute Gasteiger partial charge is 0.347 e. The molecule has 1 saturated heterocycles. The van der Waals surface area contributed by atoms with Gasteiger partial charge in [0.2, 0.25) is 10.1 Å². The number of nitrogens with zero attached hydrogens (tertiary/aromatic N) is 4. The van der Waals surface area contributed by atoms with E-state index in [1.165, 1.54) is 29.7 Å². The van der Waals surface area contributed by atoms with Crippen LogP contribution in [0.25, 0.3) is 4.96 Å². The van der Waals surface area contributed by atoms with Crippen molar-refractivity contribution in [3.63, 3.8) is 0 Å². The second-order valence-corrected chi connectivity index (χ2v) is 9.19. The standard InChI is InChI=1S/C20H23N5S/c21-17-15-4-2-1-3-14(15)11-20(17)7-9-24(10-8-20)19-23-25-12-16(13-5-6-13)22-18(25)26-19/h1-4,12-13,17H,5-11,21H2/t17-/m1/s1. The Labute approximate surface area is 156 Å². The Kier molecular flexibility index (Phi) is 3.09. The molecule has 26 heavy (non-hydrogen) atoms. The molecule has 5 nitrogen and oxygen atoms in total. The SMILES string of the molecule is N[C@@H]1c2ccccc2CC12CCN(c1nn3cc(C4CC4)nc3s1)CC2. The number of imidazole rings is 1. The second-order valence-electron chi connectivity index (χ2n) is 8.25. The summed E-state index contributed by atoms with van der Waals surface area (Å²) >= 11 is 1.72. The lowest BCUT2D eigenvalue weighted by atomic mass is 9.73. The Balaban J connectivity index is 1.21. The summed E-state index contributed by atoms with van der Waals surface area (Å²) in [7, 11) is 0. The third-order valence-corrected chi connectivity index (χ3v) is 7.65. The molecular formula is C20H23N5S. The zero-order chi connectivity index (χ0) is 17.3. The van der Waals surface area contributed by atoms with Gasteiger partial charge < -0.3 is 10.6 Å². The van der Waals surface area contributed by atoms with E-state index in [4.69, 9.17) is 15.8 Å². The number of aromatic nitrogens is 3. The maximum atomic E-state index is 6.69. The van der Waals surface area contributed by atoms with Crippen LogP contribution < -0.4 is 10.6 Å². The number of piperidine rings is 1. The van der Waals surface area contributed by atoms with Crippen molar-refractivity contribution >= 4 is 21.4 Å². The van der Waals surface area contributed by atoms with Crippen molar-refractivity contribution in [2.24, 2.45) is 11.1 Å². The van der Waals surface area contributed by atoms with Gasteiger partial charge in [0.25, 0.3) is 0 Å². The van der Waals surface area contributed by atoms with E-state index in [2.05, 4.69) is 35.4 Å². The molecule has 6 heteroatoms. The number of rotatable bonds is 2. The topological polar surface area (TPSA) is 59.5 Å². The Hall–Kier alpha value is -1.92. The first-order valence-electron chi connectivity index (χ1n) is 9.66. The molecule has 3 aliphatic rings. The van der Waals surface area contributed by atoms with Crippen LogP contribution >= 0.6 is 11.3 Å². The van der Waals surface area contributed by atoms with Crippen LogP contribution in [0, 0.1) is 5.41 Å². The first kappa shape index (κ1) is 15.2. The van der Waals surface area contributed by atoms with Crippen LogP contribution in [-0.2, 0) is 6.42 Å². The molecule has 1 aliphatic heterocycles. The van der Waals surface area contributed by atoms with Crippen LogP contribution in [0.15, 0.2) is 30.5 Å². The minimum Gasteiger partial charge on any atom is -0.347 e. The van der Waals surface area contributed by atoms with Crippen molar-refractivity contribution in [2.45, 2.75) is 44.1 Å². The number of benzene rings is 1. The average Bonchev–Trinajstić information content (AvgIpc) is 3.24. The molecule has 6 rings (SSSR count). The first-order chi connectivity index (χ1) is 12.7. The number of nitrogens with two attached hydrogens (primary N) is 1.